The van der Waals surface area contributed by atoms with Crippen LogP contribution < -0.4 is 5.32 Å². The fourth-order valence-electron chi connectivity index (χ4n) is 3.51. The van der Waals surface area contributed by atoms with Crippen LogP contribution in [0.4, 0.5) is 0 Å². The highest BCUT2D eigenvalue weighted by molar-refractivity contribution is 6.31. The minimum atomic E-state index is -0.166. The number of fused-ring (bicyclic) bond motifs is 1. The molecule has 0 aliphatic rings. The van der Waals surface area contributed by atoms with E-state index in [2.05, 4.69) is 32.6 Å². The fourth-order valence-corrected chi connectivity index (χ4v) is 3.81. The van der Waals surface area contributed by atoms with Crippen molar-refractivity contribution >= 4 is 28.4 Å². The zero-order valence-electron chi connectivity index (χ0n) is 16.7. The van der Waals surface area contributed by atoms with Crippen molar-refractivity contribution in [3.05, 3.63) is 82.7 Å². The van der Waals surface area contributed by atoms with Crippen LogP contribution >= 0.6 is 11.6 Å². The number of H-pyrrole nitrogens is 1. The van der Waals surface area contributed by atoms with Gasteiger partial charge in [-0.3, -0.25) is 4.79 Å². The van der Waals surface area contributed by atoms with Gasteiger partial charge in [-0.25, -0.2) is 0 Å². The third kappa shape index (κ3) is 4.71. The monoisotopic (exact) mass is 422 g/mol. The predicted molar refractivity (Wildman–Crippen MR) is 116 cm³/mol. The van der Waals surface area contributed by atoms with Crippen LogP contribution in [0.3, 0.4) is 0 Å². The molecule has 7 heteroatoms. The van der Waals surface area contributed by atoms with Gasteiger partial charge in [0.15, 0.2) is 0 Å². The van der Waals surface area contributed by atoms with Crippen molar-refractivity contribution < 1.29 is 9.21 Å². The van der Waals surface area contributed by atoms with Gasteiger partial charge in [0.1, 0.15) is 0 Å². The van der Waals surface area contributed by atoms with Crippen molar-refractivity contribution in [3.8, 4) is 0 Å². The molecule has 6 nitrogen and oxygen atoms in total. The summed E-state index contributed by atoms with van der Waals surface area (Å²) in [6.45, 7) is 1.91. The molecule has 1 unspecified atom stereocenters. The molecule has 0 fully saturated rings. The fraction of sp³-hybridized carbons (Fsp3) is 0.261. The quantitative estimate of drug-likeness (QED) is 0.427. The largest absolute Gasteiger partial charge is 0.425 e. The second kappa shape index (κ2) is 9.13. The number of aromatic nitrogens is 3. The number of carbonyl (C=O) groups is 1. The van der Waals surface area contributed by atoms with Gasteiger partial charge in [-0.05, 0) is 36.6 Å². The van der Waals surface area contributed by atoms with Gasteiger partial charge in [-0.1, -0.05) is 48.0 Å². The molecule has 0 saturated carbocycles. The molecular formula is C23H23ClN4O2. The van der Waals surface area contributed by atoms with E-state index in [1.165, 1.54) is 10.9 Å². The van der Waals surface area contributed by atoms with Crippen LogP contribution in [-0.2, 0) is 24.1 Å². The average Bonchev–Trinajstić information content (AvgIpc) is 3.38. The zero-order chi connectivity index (χ0) is 20.9. The topological polar surface area (TPSA) is 83.8 Å². The molecule has 2 heterocycles. The first kappa shape index (κ1) is 20.2. The van der Waals surface area contributed by atoms with Gasteiger partial charge in [-0.2, -0.15) is 0 Å². The number of carbonyl (C=O) groups excluding carboxylic acids is 1. The lowest BCUT2D eigenvalue weighted by molar-refractivity contribution is -0.121. The van der Waals surface area contributed by atoms with Crippen molar-refractivity contribution in [3.63, 3.8) is 0 Å². The van der Waals surface area contributed by atoms with Crippen molar-refractivity contribution in [1.29, 1.82) is 0 Å². The summed E-state index contributed by atoms with van der Waals surface area (Å²) in [4.78, 5) is 15.6. The summed E-state index contributed by atoms with van der Waals surface area (Å²) in [6.07, 6.45) is 4.17. The average molecular weight is 423 g/mol. The highest BCUT2D eigenvalue weighted by atomic mass is 35.5. The first-order valence-electron chi connectivity index (χ1n) is 10.00. The molecule has 1 amide bonds. The van der Waals surface area contributed by atoms with Crippen LogP contribution in [0.25, 0.3) is 10.9 Å². The maximum atomic E-state index is 12.3. The Labute approximate surface area is 179 Å². The maximum absolute atomic E-state index is 12.3. The summed E-state index contributed by atoms with van der Waals surface area (Å²) >= 11 is 6.19. The highest BCUT2D eigenvalue weighted by Crippen LogP contribution is 2.22. The first-order valence-corrected chi connectivity index (χ1v) is 10.4. The SMILES string of the molecule is CC(NC(=O)CCc1nnc(CCc2c[nH]c3ccccc23)o1)c1ccccc1Cl. The summed E-state index contributed by atoms with van der Waals surface area (Å²) in [6, 6.07) is 15.5. The molecule has 0 spiro atoms. The van der Waals surface area contributed by atoms with Crippen molar-refractivity contribution in [2.45, 2.75) is 38.6 Å². The van der Waals surface area contributed by atoms with Crippen LogP contribution in [0.15, 0.2) is 59.1 Å². The number of nitrogens with zero attached hydrogens (tertiary/aromatic N) is 2. The van der Waals surface area contributed by atoms with Crippen LogP contribution in [0.1, 0.15) is 42.3 Å². The molecule has 4 aromatic rings. The van der Waals surface area contributed by atoms with E-state index < -0.39 is 0 Å². The van der Waals surface area contributed by atoms with Gasteiger partial charge in [0.2, 0.25) is 17.7 Å². The van der Waals surface area contributed by atoms with Crippen LogP contribution in [0.5, 0.6) is 0 Å². The lowest BCUT2D eigenvalue weighted by Gasteiger charge is -2.15. The number of para-hydroxylation sites is 1. The summed E-state index contributed by atoms with van der Waals surface area (Å²) < 4.78 is 5.72. The van der Waals surface area contributed by atoms with Crippen molar-refractivity contribution in [1.82, 2.24) is 20.5 Å². The van der Waals surface area contributed by atoms with E-state index in [1.54, 1.807) is 0 Å². The van der Waals surface area contributed by atoms with Gasteiger partial charge in [0.05, 0.1) is 6.04 Å². The van der Waals surface area contributed by atoms with Gasteiger partial charge in [0, 0.05) is 41.4 Å². The molecule has 30 heavy (non-hydrogen) atoms. The van der Waals surface area contributed by atoms with Gasteiger partial charge in [0.25, 0.3) is 0 Å². The minimum absolute atomic E-state index is 0.0824. The Morgan fingerprint density at radius 3 is 2.63 bits per heavy atom. The molecule has 2 aromatic heterocycles. The predicted octanol–water partition coefficient (Wildman–Crippen LogP) is 4.80. The number of amides is 1. The minimum Gasteiger partial charge on any atom is -0.425 e. The van der Waals surface area contributed by atoms with E-state index >= 15 is 0 Å². The first-order chi connectivity index (χ1) is 14.6. The smallest absolute Gasteiger partial charge is 0.220 e. The molecule has 154 valence electrons. The molecule has 2 N–H and O–H groups in total. The lowest BCUT2D eigenvalue weighted by atomic mass is 10.1. The Morgan fingerprint density at radius 1 is 1.07 bits per heavy atom. The van der Waals surface area contributed by atoms with Crippen molar-refractivity contribution in [2.75, 3.05) is 0 Å². The Hall–Kier alpha value is -3.12. The van der Waals surface area contributed by atoms with E-state index in [4.69, 9.17) is 16.0 Å². The Balaban J connectivity index is 1.27. The lowest BCUT2D eigenvalue weighted by Crippen LogP contribution is -2.27. The Kier molecular flexibility index (Phi) is 6.14. The number of benzene rings is 2. The number of hydrogen-bond acceptors (Lipinski definition) is 4. The molecular weight excluding hydrogens is 400 g/mol. The molecule has 0 aliphatic heterocycles. The normalized spacial score (nSPS) is 12.2. The molecule has 4 rings (SSSR count). The van der Waals surface area contributed by atoms with Crippen LogP contribution in [0.2, 0.25) is 5.02 Å². The van der Waals surface area contributed by atoms with Gasteiger partial charge >= 0.3 is 0 Å². The molecule has 0 bridgehead atoms. The zero-order valence-corrected chi connectivity index (χ0v) is 17.4. The number of aromatic amines is 1. The summed E-state index contributed by atoms with van der Waals surface area (Å²) in [5.74, 6) is 0.977. The van der Waals surface area contributed by atoms with Crippen LogP contribution in [0, 0.1) is 0 Å². The molecule has 0 radical (unpaired) electrons. The second-order valence-electron chi connectivity index (χ2n) is 7.26. The van der Waals surface area contributed by atoms with Crippen LogP contribution in [-0.4, -0.2) is 21.1 Å². The Bertz CT molecular complexity index is 1150. The highest BCUT2D eigenvalue weighted by Gasteiger charge is 2.14. The standard InChI is InChI=1S/C23H23ClN4O2/c1-15(17-6-2-4-8-19(17)24)26-21(29)11-13-23-28-27-22(30-23)12-10-16-14-25-20-9-5-3-7-18(16)20/h2-9,14-15,25H,10-13H2,1H3,(H,26,29). The van der Waals surface area contributed by atoms with Gasteiger partial charge in [-0.15, -0.1) is 10.2 Å². The summed E-state index contributed by atoms with van der Waals surface area (Å²) in [7, 11) is 0. The summed E-state index contributed by atoms with van der Waals surface area (Å²) in [5, 5.41) is 13.0. The number of aryl methyl sites for hydroxylation is 3. The Morgan fingerprint density at radius 2 is 1.80 bits per heavy atom. The third-order valence-corrected chi connectivity index (χ3v) is 5.45. The number of nitrogens with one attached hydrogen (secondary N) is 2. The molecule has 2 aromatic carbocycles. The second-order valence-corrected chi connectivity index (χ2v) is 7.67. The van der Waals surface area contributed by atoms with E-state index in [1.807, 2.05) is 49.5 Å². The molecule has 0 saturated heterocycles. The number of hydrogen-bond donors (Lipinski definition) is 2. The van der Waals surface area contributed by atoms with E-state index in [0.717, 1.165) is 17.5 Å². The van der Waals surface area contributed by atoms with Crippen molar-refractivity contribution in [2.24, 2.45) is 0 Å². The molecule has 1 atom stereocenters. The number of rotatable bonds is 8. The van der Waals surface area contributed by atoms with E-state index in [0.29, 0.717) is 29.6 Å². The van der Waals surface area contributed by atoms with E-state index in [-0.39, 0.29) is 18.4 Å². The third-order valence-electron chi connectivity index (χ3n) is 5.11. The number of halogens is 1. The summed E-state index contributed by atoms with van der Waals surface area (Å²) in [5.41, 5.74) is 3.24. The maximum Gasteiger partial charge on any atom is 0.220 e. The van der Waals surface area contributed by atoms with Gasteiger partial charge < -0.3 is 14.7 Å². The van der Waals surface area contributed by atoms with E-state index in [9.17, 15) is 4.79 Å². The molecule has 0 aliphatic carbocycles.